The van der Waals surface area contributed by atoms with Gasteiger partial charge in [-0.1, -0.05) is 135 Å². The van der Waals surface area contributed by atoms with Crippen molar-refractivity contribution in [1.82, 2.24) is 4.98 Å². The molecule has 1 aliphatic rings. The van der Waals surface area contributed by atoms with Gasteiger partial charge in [-0.05, 0) is 139 Å². The van der Waals surface area contributed by atoms with Crippen LogP contribution in [0.25, 0.3) is 76.4 Å². The number of para-hydroxylation sites is 1. The SMILES string of the molecule is [2H]/C(=C(/[2H])c1ccc2cc(-c3ccc4sc5ccccc5c4c3)ccc2c1)c1ccc2c(c1)C(C)(C)c1cc(N(c3ccccc3)c3ccc(-c4cccnc4)cc3)ccc1-2. The highest BCUT2D eigenvalue weighted by Gasteiger charge is 2.36. The van der Waals surface area contributed by atoms with Gasteiger partial charge in [-0.2, -0.15) is 0 Å². The van der Waals surface area contributed by atoms with Crippen LogP contribution >= 0.6 is 11.3 Å². The topological polar surface area (TPSA) is 16.1 Å². The van der Waals surface area contributed by atoms with E-state index in [1.54, 1.807) is 6.20 Å². The van der Waals surface area contributed by atoms with Crippen molar-refractivity contribution in [1.29, 1.82) is 0 Å². The third-order valence-electron chi connectivity index (χ3n) is 12.0. The van der Waals surface area contributed by atoms with Crippen LogP contribution in [0, 0.1) is 0 Å². The molecule has 0 N–H and O–H groups in total. The van der Waals surface area contributed by atoms with Crippen molar-refractivity contribution in [3.8, 4) is 33.4 Å². The predicted octanol–water partition coefficient (Wildman–Crippen LogP) is 15.9. The van der Waals surface area contributed by atoms with Gasteiger partial charge in [0.05, 0.1) is 2.74 Å². The van der Waals surface area contributed by atoms with E-state index in [1.165, 1.54) is 48.0 Å². The number of anilines is 3. The molecular weight excluding hydrogens is 733 g/mol. The van der Waals surface area contributed by atoms with Crippen LogP contribution in [0.5, 0.6) is 0 Å². The lowest BCUT2D eigenvalue weighted by Crippen LogP contribution is -2.16. The quantitative estimate of drug-likeness (QED) is 0.150. The molecule has 280 valence electrons. The number of pyridine rings is 1. The van der Waals surface area contributed by atoms with Crippen LogP contribution < -0.4 is 4.90 Å². The molecule has 0 bridgehead atoms. The van der Waals surface area contributed by atoms with Gasteiger partial charge in [0.1, 0.15) is 0 Å². The minimum Gasteiger partial charge on any atom is -0.310 e. The van der Waals surface area contributed by atoms with E-state index in [1.807, 2.05) is 41.8 Å². The lowest BCUT2D eigenvalue weighted by molar-refractivity contribution is 0.660. The second-order valence-corrected chi connectivity index (χ2v) is 17.0. The van der Waals surface area contributed by atoms with Crippen LogP contribution in [0.2, 0.25) is 0 Å². The van der Waals surface area contributed by atoms with Crippen LogP contribution in [0.4, 0.5) is 17.1 Å². The maximum Gasteiger partial charge on any atom is 0.0629 e. The molecule has 11 rings (SSSR count). The Bertz CT molecular complexity index is 3350. The van der Waals surface area contributed by atoms with Crippen LogP contribution in [0.15, 0.2) is 194 Å². The van der Waals surface area contributed by atoms with Crippen LogP contribution in [-0.4, -0.2) is 4.98 Å². The van der Waals surface area contributed by atoms with Gasteiger partial charge in [-0.15, -0.1) is 11.3 Å². The van der Waals surface area contributed by atoms with Crippen LogP contribution in [0.3, 0.4) is 0 Å². The summed E-state index contributed by atoms with van der Waals surface area (Å²) in [5, 5.41) is 4.75. The molecule has 2 aromatic heterocycles. The summed E-state index contributed by atoms with van der Waals surface area (Å²) >= 11 is 1.83. The lowest BCUT2D eigenvalue weighted by Gasteiger charge is -2.28. The highest BCUT2D eigenvalue weighted by Crippen LogP contribution is 2.51. The summed E-state index contributed by atoms with van der Waals surface area (Å²) in [5.41, 5.74) is 13.7. The Kier molecular flexibility index (Phi) is 7.87. The molecule has 0 amide bonds. The Morgan fingerprint density at radius 3 is 1.95 bits per heavy atom. The number of hydrogen-bond donors (Lipinski definition) is 0. The molecule has 0 atom stereocenters. The lowest BCUT2D eigenvalue weighted by atomic mass is 9.81. The van der Waals surface area contributed by atoms with E-state index in [2.05, 4.69) is 181 Å². The molecule has 0 saturated heterocycles. The minimum atomic E-state index is -0.326. The third kappa shape index (κ3) is 6.23. The van der Waals surface area contributed by atoms with Crippen molar-refractivity contribution >= 4 is 71.4 Å². The number of thiophene rings is 1. The Balaban J connectivity index is 0.897. The van der Waals surface area contributed by atoms with Gasteiger partial charge in [0.15, 0.2) is 0 Å². The zero-order chi connectivity index (χ0) is 41.2. The number of nitrogens with zero attached hydrogens (tertiary/aromatic N) is 2. The Hall–Kier alpha value is -7.07. The van der Waals surface area contributed by atoms with E-state index in [0.717, 1.165) is 55.7 Å². The molecule has 3 heteroatoms. The summed E-state index contributed by atoms with van der Waals surface area (Å²) in [6, 6.07) is 64.7. The molecule has 0 fully saturated rings. The fraction of sp³-hybridized carbons (Fsp3) is 0.0536. The average Bonchev–Trinajstić information content (AvgIpc) is 3.79. The maximum atomic E-state index is 9.31. The molecule has 0 unspecified atom stereocenters. The fourth-order valence-electron chi connectivity index (χ4n) is 8.86. The molecule has 2 heterocycles. The van der Waals surface area contributed by atoms with Gasteiger partial charge in [0.2, 0.25) is 0 Å². The van der Waals surface area contributed by atoms with Crippen molar-refractivity contribution in [2.24, 2.45) is 0 Å². The highest BCUT2D eigenvalue weighted by atomic mass is 32.1. The zero-order valence-corrected chi connectivity index (χ0v) is 33.6. The maximum absolute atomic E-state index is 9.31. The number of benzene rings is 8. The summed E-state index contributed by atoms with van der Waals surface area (Å²) in [7, 11) is 0. The Morgan fingerprint density at radius 2 is 1.12 bits per heavy atom. The number of fused-ring (bicyclic) bond motifs is 7. The first-order valence-corrected chi connectivity index (χ1v) is 20.9. The van der Waals surface area contributed by atoms with Crippen molar-refractivity contribution in [2.45, 2.75) is 19.3 Å². The van der Waals surface area contributed by atoms with Gasteiger partial charge in [0, 0.05) is 55.0 Å². The predicted molar refractivity (Wildman–Crippen MR) is 253 cm³/mol. The first kappa shape index (κ1) is 33.0. The molecule has 10 aromatic rings. The number of rotatable bonds is 7. The average molecular weight is 775 g/mol. The third-order valence-corrected chi connectivity index (χ3v) is 13.1. The second kappa shape index (κ2) is 14.1. The molecular formula is C56H40N2S. The first-order valence-electron chi connectivity index (χ1n) is 21.1. The summed E-state index contributed by atoms with van der Waals surface area (Å²) in [4.78, 5) is 6.62. The zero-order valence-electron chi connectivity index (χ0n) is 34.8. The first-order chi connectivity index (χ1) is 29.8. The van der Waals surface area contributed by atoms with Gasteiger partial charge in [0.25, 0.3) is 0 Å². The molecule has 2 nitrogen and oxygen atoms in total. The van der Waals surface area contributed by atoms with Gasteiger partial charge >= 0.3 is 0 Å². The van der Waals surface area contributed by atoms with E-state index < -0.39 is 0 Å². The van der Waals surface area contributed by atoms with E-state index in [0.29, 0.717) is 0 Å². The van der Waals surface area contributed by atoms with E-state index in [4.69, 9.17) is 0 Å². The summed E-state index contributed by atoms with van der Waals surface area (Å²) in [5.74, 6) is 0. The number of hydrogen-bond acceptors (Lipinski definition) is 3. The van der Waals surface area contributed by atoms with Crippen molar-refractivity contribution < 1.29 is 2.74 Å². The summed E-state index contributed by atoms with van der Waals surface area (Å²) < 4.78 is 21.2. The van der Waals surface area contributed by atoms with Crippen molar-refractivity contribution in [2.75, 3.05) is 4.90 Å². The van der Waals surface area contributed by atoms with Crippen LogP contribution in [-0.2, 0) is 5.41 Å². The monoisotopic (exact) mass is 774 g/mol. The molecule has 8 aromatic carbocycles. The molecule has 0 radical (unpaired) electrons. The van der Waals surface area contributed by atoms with Crippen molar-refractivity contribution in [3.63, 3.8) is 0 Å². The van der Waals surface area contributed by atoms with Gasteiger partial charge < -0.3 is 4.90 Å². The van der Waals surface area contributed by atoms with Crippen LogP contribution in [0.1, 0.15) is 38.8 Å². The number of aromatic nitrogens is 1. The minimum absolute atomic E-state index is 0.212. The molecule has 1 aliphatic carbocycles. The normalized spacial score (nSPS) is 13.8. The second-order valence-electron chi connectivity index (χ2n) is 15.9. The Labute approximate surface area is 351 Å². The van der Waals surface area contributed by atoms with E-state index in [9.17, 15) is 2.74 Å². The fourth-order valence-corrected chi connectivity index (χ4v) is 9.94. The molecule has 0 aliphatic heterocycles. The molecule has 59 heavy (non-hydrogen) atoms. The smallest absolute Gasteiger partial charge is 0.0629 e. The standard InChI is InChI=1S/C56H40N2S/c1-56(2)52-32-38(15-14-37-16-18-41-33-42(20-19-40(41)31-37)43-23-29-55-51(34-43)50-12-6-7-13-54(50)59-55)17-27-48(52)49-28-26-47(35-53(49)56)58(45-10-4-3-5-11-45)46-24-21-39(22-25-46)44-9-8-30-57-36-44/h3-36H,1-2H3/b15-14+/i14D,15D. The summed E-state index contributed by atoms with van der Waals surface area (Å²) in [6.07, 6.45) is 3.70. The highest BCUT2D eigenvalue weighted by molar-refractivity contribution is 7.25. The largest absolute Gasteiger partial charge is 0.310 e. The van der Waals surface area contributed by atoms with E-state index >= 15 is 0 Å². The van der Waals surface area contributed by atoms with Crippen molar-refractivity contribution in [3.05, 3.63) is 217 Å². The van der Waals surface area contributed by atoms with Gasteiger partial charge in [-0.3, -0.25) is 4.98 Å². The molecule has 0 saturated carbocycles. The molecule has 0 spiro atoms. The summed E-state index contributed by atoms with van der Waals surface area (Å²) in [6.45, 7) is 4.54. The van der Waals surface area contributed by atoms with E-state index in [-0.39, 0.29) is 17.5 Å². The van der Waals surface area contributed by atoms with Gasteiger partial charge in [-0.25, -0.2) is 0 Å². The Morgan fingerprint density at radius 1 is 0.492 bits per heavy atom.